The van der Waals surface area contributed by atoms with E-state index in [2.05, 4.69) is 0 Å². The number of aliphatic carboxylic acids is 1. The Kier molecular flexibility index (Phi) is 5.81. The van der Waals surface area contributed by atoms with Crippen molar-refractivity contribution in [3.63, 3.8) is 0 Å². The van der Waals surface area contributed by atoms with E-state index >= 15 is 0 Å². The van der Waals surface area contributed by atoms with Crippen LogP contribution in [0, 0.1) is 0 Å². The molecular formula is C19H13ClO7S. The van der Waals surface area contributed by atoms with Crippen LogP contribution in [-0.4, -0.2) is 34.7 Å². The van der Waals surface area contributed by atoms with Gasteiger partial charge in [-0.25, -0.2) is 14.4 Å². The molecule has 0 bridgehead atoms. The molecule has 0 atom stereocenters. The fraction of sp³-hybridized carbons (Fsp3) is 0.105. The maximum atomic E-state index is 12.4. The van der Waals surface area contributed by atoms with E-state index < -0.39 is 24.5 Å². The Morgan fingerprint density at radius 3 is 2.43 bits per heavy atom. The number of fused-ring (bicyclic) bond motifs is 1. The summed E-state index contributed by atoms with van der Waals surface area (Å²) in [4.78, 5) is 34.4. The van der Waals surface area contributed by atoms with E-state index in [0.717, 1.165) is 16.9 Å². The van der Waals surface area contributed by atoms with Crippen LogP contribution in [0.5, 0.6) is 5.75 Å². The first kappa shape index (κ1) is 19.7. The molecule has 3 aromatic rings. The molecule has 1 aromatic heterocycles. The van der Waals surface area contributed by atoms with Crippen LogP contribution in [0.1, 0.15) is 25.6 Å². The number of carbonyl (C=O) groups excluding carboxylic acids is 1. The molecule has 0 aliphatic rings. The predicted molar refractivity (Wildman–Crippen MR) is 102 cm³/mol. The number of esters is 1. The summed E-state index contributed by atoms with van der Waals surface area (Å²) in [6.07, 6.45) is 0. The Morgan fingerprint density at radius 2 is 1.79 bits per heavy atom. The first-order valence-electron chi connectivity index (χ1n) is 7.91. The first-order valence-corrected chi connectivity index (χ1v) is 9.11. The number of rotatable bonds is 7. The highest BCUT2D eigenvalue weighted by atomic mass is 35.5. The second kappa shape index (κ2) is 8.28. The maximum Gasteiger partial charge on any atom is 0.349 e. The van der Waals surface area contributed by atoms with Crippen LogP contribution in [0.2, 0.25) is 5.02 Å². The van der Waals surface area contributed by atoms with E-state index in [1.807, 2.05) is 30.3 Å². The van der Waals surface area contributed by atoms with Crippen LogP contribution in [0.3, 0.4) is 0 Å². The van der Waals surface area contributed by atoms with Gasteiger partial charge in [-0.3, -0.25) is 0 Å². The van der Waals surface area contributed by atoms with E-state index in [-0.39, 0.29) is 27.8 Å². The zero-order valence-electron chi connectivity index (χ0n) is 14.2. The number of hydrogen-bond acceptors (Lipinski definition) is 6. The van der Waals surface area contributed by atoms with E-state index in [0.29, 0.717) is 10.1 Å². The van der Waals surface area contributed by atoms with E-state index in [4.69, 9.17) is 26.2 Å². The van der Waals surface area contributed by atoms with Crippen molar-refractivity contribution in [3.8, 4) is 5.75 Å². The summed E-state index contributed by atoms with van der Waals surface area (Å²) in [6.45, 7) is -0.642. The third-order valence-corrected chi connectivity index (χ3v) is 5.13. The number of ether oxygens (including phenoxy) is 2. The highest BCUT2D eigenvalue weighted by Crippen LogP contribution is 2.40. The Bertz CT molecular complexity index is 1060. The van der Waals surface area contributed by atoms with Crippen LogP contribution in [0.25, 0.3) is 10.1 Å². The van der Waals surface area contributed by atoms with Crippen molar-refractivity contribution in [1.82, 2.24) is 0 Å². The summed E-state index contributed by atoms with van der Waals surface area (Å²) in [5.41, 5.74) is 0.884. The van der Waals surface area contributed by atoms with Crippen LogP contribution >= 0.6 is 22.9 Å². The van der Waals surface area contributed by atoms with E-state index in [1.165, 1.54) is 12.1 Å². The number of aromatic carboxylic acids is 1. The number of carboxylic acids is 2. The van der Waals surface area contributed by atoms with Gasteiger partial charge in [-0.2, -0.15) is 0 Å². The standard InChI is InChI=1S/C19H13ClO7S/c20-13-6-12-14(28-17(18(23)24)16(12)26-9-15(21)22)7-11(13)19(25)27-8-10-4-2-1-3-5-10/h1-7H,8-9H2,(H,21,22)(H,23,24). The number of thiophene rings is 1. The average molecular weight is 421 g/mol. The van der Waals surface area contributed by atoms with Gasteiger partial charge in [-0.05, 0) is 17.7 Å². The summed E-state index contributed by atoms with van der Waals surface area (Å²) in [7, 11) is 0. The largest absolute Gasteiger partial charge is 0.479 e. The lowest BCUT2D eigenvalue weighted by atomic mass is 10.1. The lowest BCUT2D eigenvalue weighted by Crippen LogP contribution is -2.11. The molecule has 0 fully saturated rings. The Balaban J connectivity index is 1.92. The smallest absolute Gasteiger partial charge is 0.349 e. The summed E-state index contributed by atoms with van der Waals surface area (Å²) >= 11 is 7.04. The van der Waals surface area contributed by atoms with Crippen molar-refractivity contribution in [2.75, 3.05) is 6.61 Å². The van der Waals surface area contributed by atoms with Gasteiger partial charge in [0.1, 0.15) is 6.61 Å². The van der Waals surface area contributed by atoms with Crippen molar-refractivity contribution in [2.24, 2.45) is 0 Å². The second-order valence-electron chi connectivity index (χ2n) is 5.64. The second-order valence-corrected chi connectivity index (χ2v) is 7.10. The topological polar surface area (TPSA) is 110 Å². The van der Waals surface area contributed by atoms with Gasteiger partial charge < -0.3 is 19.7 Å². The molecule has 1 heterocycles. The van der Waals surface area contributed by atoms with E-state index in [1.54, 1.807) is 0 Å². The van der Waals surface area contributed by atoms with Gasteiger partial charge in [-0.15, -0.1) is 11.3 Å². The van der Waals surface area contributed by atoms with Crippen molar-refractivity contribution in [3.05, 3.63) is 63.5 Å². The molecule has 3 rings (SSSR count). The summed E-state index contributed by atoms with van der Waals surface area (Å²) < 4.78 is 10.8. The third-order valence-electron chi connectivity index (χ3n) is 3.70. The Labute approximate surface area is 167 Å². The normalized spacial score (nSPS) is 10.6. The lowest BCUT2D eigenvalue weighted by molar-refractivity contribution is -0.139. The molecule has 144 valence electrons. The summed E-state index contributed by atoms with van der Waals surface area (Å²) in [5.74, 6) is -3.27. The number of carboxylic acid groups (broad SMARTS) is 2. The molecule has 0 aliphatic carbocycles. The molecule has 0 saturated carbocycles. The van der Waals surface area contributed by atoms with Gasteiger partial charge in [0, 0.05) is 10.1 Å². The van der Waals surface area contributed by atoms with Gasteiger partial charge in [0.2, 0.25) is 0 Å². The molecule has 0 unspecified atom stereocenters. The Hall–Kier alpha value is -3.10. The van der Waals surface area contributed by atoms with Crippen LogP contribution in [-0.2, 0) is 16.1 Å². The van der Waals surface area contributed by atoms with Crippen LogP contribution in [0.15, 0.2) is 42.5 Å². The van der Waals surface area contributed by atoms with Crippen molar-refractivity contribution >= 4 is 50.9 Å². The van der Waals surface area contributed by atoms with Crippen molar-refractivity contribution in [1.29, 1.82) is 0 Å². The lowest BCUT2D eigenvalue weighted by Gasteiger charge is -2.08. The fourth-order valence-corrected chi connectivity index (χ4v) is 3.72. The maximum absolute atomic E-state index is 12.4. The molecular weight excluding hydrogens is 408 g/mol. The summed E-state index contributed by atoms with van der Waals surface area (Å²) in [6, 6.07) is 11.9. The van der Waals surface area contributed by atoms with Crippen molar-refractivity contribution in [2.45, 2.75) is 6.61 Å². The third kappa shape index (κ3) is 4.24. The predicted octanol–water partition coefficient (Wildman–Crippen LogP) is 4.07. The molecule has 9 heteroatoms. The van der Waals surface area contributed by atoms with Gasteiger partial charge in [0.15, 0.2) is 17.2 Å². The highest BCUT2D eigenvalue weighted by Gasteiger charge is 2.23. The minimum atomic E-state index is -1.27. The zero-order chi connectivity index (χ0) is 20.3. The number of hydrogen-bond donors (Lipinski definition) is 2. The van der Waals surface area contributed by atoms with Crippen molar-refractivity contribution < 1.29 is 34.1 Å². The minimum Gasteiger partial charge on any atom is -0.479 e. The highest BCUT2D eigenvalue weighted by molar-refractivity contribution is 7.21. The summed E-state index contributed by atoms with van der Waals surface area (Å²) in [5, 5.41) is 18.5. The van der Waals surface area contributed by atoms with Crippen LogP contribution in [0.4, 0.5) is 0 Å². The zero-order valence-corrected chi connectivity index (χ0v) is 15.7. The minimum absolute atomic E-state index is 0.0421. The molecule has 0 aliphatic heterocycles. The molecule has 2 N–H and O–H groups in total. The molecule has 28 heavy (non-hydrogen) atoms. The monoisotopic (exact) mass is 420 g/mol. The molecule has 2 aromatic carbocycles. The number of benzene rings is 2. The molecule has 7 nitrogen and oxygen atoms in total. The van der Waals surface area contributed by atoms with Gasteiger partial charge in [-0.1, -0.05) is 41.9 Å². The first-order chi connectivity index (χ1) is 13.4. The number of carbonyl (C=O) groups is 3. The average Bonchev–Trinajstić information content (AvgIpc) is 3.02. The fourth-order valence-electron chi connectivity index (χ4n) is 2.47. The van der Waals surface area contributed by atoms with Gasteiger partial charge in [0.05, 0.1) is 10.6 Å². The number of halogens is 1. The molecule has 0 amide bonds. The van der Waals surface area contributed by atoms with Gasteiger partial charge in [0.25, 0.3) is 0 Å². The molecule has 0 saturated heterocycles. The van der Waals surface area contributed by atoms with Gasteiger partial charge >= 0.3 is 17.9 Å². The van der Waals surface area contributed by atoms with Crippen LogP contribution < -0.4 is 4.74 Å². The quantitative estimate of drug-likeness (QED) is 0.554. The molecule has 0 spiro atoms. The SMILES string of the molecule is O=C(O)COc1c(C(=O)O)sc2cc(C(=O)OCc3ccccc3)c(Cl)cc12. The Morgan fingerprint density at radius 1 is 1.07 bits per heavy atom. The van der Waals surface area contributed by atoms with E-state index in [9.17, 15) is 19.5 Å². The molecule has 0 radical (unpaired) electrons.